The number of hydrogen-bond acceptors (Lipinski definition) is 7. The Kier molecular flexibility index (Phi) is 8.25. The molecule has 9 heteroatoms. The van der Waals surface area contributed by atoms with E-state index in [2.05, 4.69) is 20.6 Å². The Labute approximate surface area is 159 Å². The average Bonchev–Trinajstić information content (AvgIpc) is 2.65. The molecule has 1 fully saturated rings. The number of hydrogen-bond donors (Lipinski definition) is 2. The predicted octanol–water partition coefficient (Wildman–Crippen LogP) is 1.58. The molecule has 2 amide bonds. The lowest BCUT2D eigenvalue weighted by Crippen LogP contribution is -2.46. The van der Waals surface area contributed by atoms with Crippen LogP contribution in [0.3, 0.4) is 0 Å². The number of aryl methyl sites for hydroxylation is 1. The van der Waals surface area contributed by atoms with Gasteiger partial charge < -0.3 is 25.0 Å². The van der Waals surface area contributed by atoms with Crippen LogP contribution < -0.4 is 10.6 Å². The van der Waals surface area contributed by atoms with Gasteiger partial charge >= 0.3 is 6.09 Å². The van der Waals surface area contributed by atoms with Crippen LogP contribution in [0.2, 0.25) is 0 Å². The van der Waals surface area contributed by atoms with Crippen molar-refractivity contribution in [1.29, 1.82) is 0 Å². The number of likely N-dealkylation sites (tertiary alicyclic amines) is 1. The molecule has 27 heavy (non-hydrogen) atoms. The number of nitrogens with one attached hydrogen (secondary N) is 2. The Morgan fingerprint density at radius 3 is 2.70 bits per heavy atom. The molecule has 1 aliphatic heterocycles. The molecule has 1 aliphatic rings. The maximum Gasteiger partial charge on any atom is 0.409 e. The van der Waals surface area contributed by atoms with E-state index in [4.69, 9.17) is 9.47 Å². The van der Waals surface area contributed by atoms with E-state index in [0.717, 1.165) is 12.1 Å². The summed E-state index contributed by atoms with van der Waals surface area (Å²) in [4.78, 5) is 34.6. The predicted molar refractivity (Wildman–Crippen MR) is 101 cm³/mol. The van der Waals surface area contributed by atoms with Gasteiger partial charge in [0.25, 0.3) is 5.91 Å². The van der Waals surface area contributed by atoms with Crippen molar-refractivity contribution in [2.24, 2.45) is 0 Å². The van der Waals surface area contributed by atoms with E-state index in [1.165, 1.54) is 0 Å². The van der Waals surface area contributed by atoms with Gasteiger partial charge in [0.1, 0.15) is 5.69 Å². The van der Waals surface area contributed by atoms with Crippen molar-refractivity contribution in [2.75, 3.05) is 45.3 Å². The lowest BCUT2D eigenvalue weighted by atomic mass is 10.1. The molecule has 2 N–H and O–H groups in total. The van der Waals surface area contributed by atoms with Gasteiger partial charge in [-0.2, -0.15) is 0 Å². The van der Waals surface area contributed by atoms with Crippen LogP contribution in [0.5, 0.6) is 0 Å². The second-order valence-corrected chi connectivity index (χ2v) is 6.43. The molecule has 0 spiro atoms. The molecule has 0 atom stereocenters. The fourth-order valence-corrected chi connectivity index (χ4v) is 2.86. The molecule has 0 unspecified atom stereocenters. The lowest BCUT2D eigenvalue weighted by molar-refractivity contribution is 0.0856. The molecule has 0 bridgehead atoms. The molecular weight excluding hydrogens is 350 g/mol. The first-order valence-electron chi connectivity index (χ1n) is 9.34. The molecule has 2 rings (SSSR count). The summed E-state index contributed by atoms with van der Waals surface area (Å²) in [5.74, 6) is 0.211. The molecule has 2 heterocycles. The average molecular weight is 379 g/mol. The minimum absolute atomic E-state index is 0.0107. The number of piperidine rings is 1. The van der Waals surface area contributed by atoms with Crippen molar-refractivity contribution in [1.82, 2.24) is 20.2 Å². The van der Waals surface area contributed by atoms with E-state index < -0.39 is 0 Å². The zero-order valence-corrected chi connectivity index (χ0v) is 16.3. The van der Waals surface area contributed by atoms with Crippen LogP contribution in [0.4, 0.5) is 10.7 Å². The number of anilines is 1. The quantitative estimate of drug-likeness (QED) is 0.661. The first-order valence-corrected chi connectivity index (χ1v) is 9.34. The molecule has 0 aliphatic carbocycles. The Morgan fingerprint density at radius 1 is 1.30 bits per heavy atom. The molecular formula is C18H29N5O4. The number of aromatic nitrogens is 2. The van der Waals surface area contributed by atoms with E-state index in [1.54, 1.807) is 25.0 Å². The minimum Gasteiger partial charge on any atom is -0.450 e. The standard InChI is InChI=1S/C18H29N5O4/c1-4-27-18(25)23-9-6-14(7-10-23)21-16(24)15-12-13(2)20-17(22-15)19-8-5-11-26-3/h12,14H,4-11H2,1-3H3,(H,21,24)(H,19,20,22). The van der Waals surface area contributed by atoms with E-state index in [9.17, 15) is 9.59 Å². The first kappa shape index (κ1) is 20.9. The van der Waals surface area contributed by atoms with Crippen molar-refractivity contribution < 1.29 is 19.1 Å². The van der Waals surface area contributed by atoms with Crippen LogP contribution in [-0.4, -0.2) is 72.9 Å². The minimum atomic E-state index is -0.294. The van der Waals surface area contributed by atoms with Gasteiger partial charge in [-0.3, -0.25) is 4.79 Å². The maximum atomic E-state index is 12.6. The third-order valence-electron chi connectivity index (χ3n) is 4.25. The molecule has 150 valence electrons. The summed E-state index contributed by atoms with van der Waals surface area (Å²) in [5, 5.41) is 6.11. The van der Waals surface area contributed by atoms with E-state index in [-0.39, 0.29) is 18.0 Å². The number of nitrogens with zero attached hydrogens (tertiary/aromatic N) is 3. The topological polar surface area (TPSA) is 106 Å². The summed E-state index contributed by atoms with van der Waals surface area (Å²) in [5.41, 5.74) is 1.06. The highest BCUT2D eigenvalue weighted by molar-refractivity contribution is 5.92. The fourth-order valence-electron chi connectivity index (χ4n) is 2.86. The summed E-state index contributed by atoms with van der Waals surface area (Å²) < 4.78 is 10.0. The first-order chi connectivity index (χ1) is 13.0. The Hall–Kier alpha value is -2.42. The molecule has 1 aromatic heterocycles. The molecule has 9 nitrogen and oxygen atoms in total. The van der Waals surface area contributed by atoms with Crippen LogP contribution in [0.1, 0.15) is 42.4 Å². The van der Waals surface area contributed by atoms with Crippen molar-refractivity contribution in [3.05, 3.63) is 17.5 Å². The third-order valence-corrected chi connectivity index (χ3v) is 4.25. The third kappa shape index (κ3) is 6.67. The Balaban J connectivity index is 1.87. The molecule has 0 aromatic carbocycles. The second kappa shape index (κ2) is 10.7. The van der Waals surface area contributed by atoms with Crippen molar-refractivity contribution >= 4 is 17.9 Å². The van der Waals surface area contributed by atoms with Crippen LogP contribution >= 0.6 is 0 Å². The summed E-state index contributed by atoms with van der Waals surface area (Å²) in [6.45, 7) is 6.44. The SMILES string of the molecule is CCOC(=O)N1CCC(NC(=O)c2cc(C)nc(NCCCOC)n2)CC1. The van der Waals surface area contributed by atoms with Crippen LogP contribution in [0.15, 0.2) is 6.07 Å². The Morgan fingerprint density at radius 2 is 2.04 bits per heavy atom. The highest BCUT2D eigenvalue weighted by Crippen LogP contribution is 2.13. The number of methoxy groups -OCH3 is 1. The normalized spacial score (nSPS) is 14.7. The summed E-state index contributed by atoms with van der Waals surface area (Å²) in [7, 11) is 1.66. The van der Waals surface area contributed by atoms with Gasteiger partial charge in [0.2, 0.25) is 5.95 Å². The number of amides is 2. The Bertz CT molecular complexity index is 632. The summed E-state index contributed by atoms with van der Waals surface area (Å²) >= 11 is 0. The zero-order chi connectivity index (χ0) is 19.6. The number of ether oxygens (including phenoxy) is 2. The monoisotopic (exact) mass is 379 g/mol. The van der Waals surface area contributed by atoms with E-state index in [0.29, 0.717) is 57.3 Å². The van der Waals surface area contributed by atoms with Gasteiger partial charge in [-0.25, -0.2) is 14.8 Å². The fraction of sp³-hybridized carbons (Fsp3) is 0.667. The van der Waals surface area contributed by atoms with Gasteiger partial charge in [-0.05, 0) is 39.2 Å². The zero-order valence-electron chi connectivity index (χ0n) is 16.3. The van der Waals surface area contributed by atoms with Gasteiger partial charge in [-0.1, -0.05) is 0 Å². The van der Waals surface area contributed by atoms with Crippen molar-refractivity contribution in [2.45, 2.75) is 39.2 Å². The number of carbonyl (C=O) groups is 2. The van der Waals surface area contributed by atoms with Gasteiger partial charge in [0.05, 0.1) is 6.61 Å². The van der Waals surface area contributed by atoms with Gasteiger partial charge in [0, 0.05) is 45.1 Å². The number of rotatable bonds is 8. The van der Waals surface area contributed by atoms with E-state index in [1.807, 2.05) is 6.92 Å². The maximum absolute atomic E-state index is 12.6. The van der Waals surface area contributed by atoms with Gasteiger partial charge in [0.15, 0.2) is 0 Å². The van der Waals surface area contributed by atoms with E-state index >= 15 is 0 Å². The molecule has 1 aromatic rings. The van der Waals surface area contributed by atoms with Crippen LogP contribution in [0, 0.1) is 6.92 Å². The van der Waals surface area contributed by atoms with Crippen LogP contribution in [0.25, 0.3) is 0 Å². The lowest BCUT2D eigenvalue weighted by Gasteiger charge is -2.31. The summed E-state index contributed by atoms with van der Waals surface area (Å²) in [6.07, 6.45) is 1.92. The molecule has 1 saturated heterocycles. The van der Waals surface area contributed by atoms with Gasteiger partial charge in [-0.15, -0.1) is 0 Å². The van der Waals surface area contributed by atoms with Crippen molar-refractivity contribution in [3.8, 4) is 0 Å². The highest BCUT2D eigenvalue weighted by atomic mass is 16.6. The smallest absolute Gasteiger partial charge is 0.409 e. The highest BCUT2D eigenvalue weighted by Gasteiger charge is 2.25. The molecule has 0 saturated carbocycles. The number of carbonyl (C=O) groups excluding carboxylic acids is 2. The largest absolute Gasteiger partial charge is 0.450 e. The second-order valence-electron chi connectivity index (χ2n) is 6.43. The molecule has 0 radical (unpaired) electrons. The summed E-state index contributed by atoms with van der Waals surface area (Å²) in [6, 6.07) is 1.68. The van der Waals surface area contributed by atoms with Crippen molar-refractivity contribution in [3.63, 3.8) is 0 Å². The van der Waals surface area contributed by atoms with Crippen LogP contribution in [-0.2, 0) is 9.47 Å².